The van der Waals surface area contributed by atoms with Gasteiger partial charge in [-0.25, -0.2) is 9.37 Å². The molecule has 86 heavy (non-hydrogen) atoms. The Kier molecular flexibility index (Phi) is 19.6. The van der Waals surface area contributed by atoms with E-state index in [9.17, 15) is 29.4 Å². The van der Waals surface area contributed by atoms with Gasteiger partial charge >= 0.3 is 6.01 Å². The molecule has 6 aromatic rings. The number of likely N-dealkylation sites (tertiary alicyclic amines) is 2. The molecule has 4 aliphatic rings. The number of phenols is 1. The number of benzene rings is 4. The van der Waals surface area contributed by atoms with Gasteiger partial charge in [0.2, 0.25) is 23.6 Å². The van der Waals surface area contributed by atoms with Crippen molar-refractivity contribution in [3.63, 3.8) is 0 Å². The van der Waals surface area contributed by atoms with Gasteiger partial charge in [-0.2, -0.15) is 9.97 Å². The highest BCUT2D eigenvalue weighted by atomic mass is 35.5. The molecule has 10 rings (SSSR count). The summed E-state index contributed by atoms with van der Waals surface area (Å²) in [5.74, 6) is -1.42. The number of aryl methyl sites for hydroxylation is 1. The number of carbonyl (C=O) groups is 4. The van der Waals surface area contributed by atoms with Crippen LogP contribution in [0, 0.1) is 18.2 Å². The minimum absolute atomic E-state index is 0.00363. The molecule has 0 unspecified atom stereocenters. The van der Waals surface area contributed by atoms with E-state index in [1.54, 1.807) is 28.4 Å². The highest BCUT2D eigenvalue weighted by molar-refractivity contribution is 7.13. The van der Waals surface area contributed by atoms with Crippen LogP contribution in [0.2, 0.25) is 5.02 Å². The molecule has 4 aromatic carbocycles. The fourth-order valence-electron chi connectivity index (χ4n) is 12.3. The molecular weight excluding hydrogens is 1140 g/mol. The van der Waals surface area contributed by atoms with Crippen LogP contribution >= 0.6 is 22.9 Å². The van der Waals surface area contributed by atoms with E-state index in [1.807, 2.05) is 100 Å². The van der Waals surface area contributed by atoms with Crippen LogP contribution in [0.3, 0.4) is 0 Å². The second-order valence-corrected chi connectivity index (χ2v) is 25.6. The van der Waals surface area contributed by atoms with E-state index >= 15 is 4.39 Å². The monoisotopic (exact) mass is 1220 g/mol. The predicted molar refractivity (Wildman–Crippen MR) is 333 cm³/mol. The summed E-state index contributed by atoms with van der Waals surface area (Å²) < 4.78 is 30.0. The Bertz CT molecular complexity index is 3430. The van der Waals surface area contributed by atoms with Gasteiger partial charge in [-0.1, -0.05) is 87.5 Å². The van der Waals surface area contributed by atoms with E-state index in [0.717, 1.165) is 78.0 Å². The number of aromatic hydroxyl groups is 1. The van der Waals surface area contributed by atoms with Crippen LogP contribution in [-0.4, -0.2) is 202 Å². The maximum absolute atomic E-state index is 17.2. The number of anilines is 1. The molecule has 6 heterocycles. The quantitative estimate of drug-likeness (QED) is 0.0581. The van der Waals surface area contributed by atoms with Gasteiger partial charge in [-0.15, -0.1) is 11.3 Å². The number of nitrogens with one attached hydrogen (secondary N) is 2. The average Bonchev–Trinajstić information content (AvgIpc) is 1.05. The Balaban J connectivity index is 0.678. The summed E-state index contributed by atoms with van der Waals surface area (Å²) in [6.07, 6.45) is 1.77. The lowest BCUT2D eigenvalue weighted by Crippen LogP contribution is -2.59. The van der Waals surface area contributed by atoms with Crippen LogP contribution in [0.25, 0.3) is 43.2 Å². The summed E-state index contributed by atoms with van der Waals surface area (Å²) in [7, 11) is 0. The number of phenolic OH excluding ortho intramolecular Hbond substituents is 1. The first-order chi connectivity index (χ1) is 41.2. The first kappa shape index (κ1) is 62.2. The summed E-state index contributed by atoms with van der Waals surface area (Å²) in [5.41, 5.74) is 4.63. The maximum Gasteiger partial charge on any atom is 0.319 e. The number of fused-ring (bicyclic) bond motifs is 2. The molecule has 0 radical (unpaired) electrons. The first-order valence-electron chi connectivity index (χ1n) is 29.8. The van der Waals surface area contributed by atoms with Gasteiger partial charge in [-0.05, 0) is 90.8 Å². The van der Waals surface area contributed by atoms with Crippen molar-refractivity contribution in [3.05, 3.63) is 107 Å². The molecule has 4 saturated heterocycles. The molecule has 5 atom stereocenters. The molecular formula is C64H79ClFN11O8S. The second-order valence-electron chi connectivity index (χ2n) is 24.3. The summed E-state index contributed by atoms with van der Waals surface area (Å²) in [6, 6.07) is 18.0. The van der Waals surface area contributed by atoms with Crippen molar-refractivity contribution < 1.29 is 43.3 Å². The second kappa shape index (κ2) is 27.0. The fourth-order valence-corrected chi connectivity index (χ4v) is 13.4. The molecule has 22 heteroatoms. The number of ether oxygens (including phenoxy) is 2. The maximum atomic E-state index is 17.2. The highest BCUT2D eigenvalue weighted by Gasteiger charge is 2.45. The molecule has 4 amide bonds. The number of aliphatic hydroxyl groups excluding tert-OH is 1. The van der Waals surface area contributed by atoms with Crippen LogP contribution in [0.15, 0.2) is 84.9 Å². The topological polar surface area (TPSA) is 209 Å². The molecule has 4 aliphatic heterocycles. The van der Waals surface area contributed by atoms with Gasteiger partial charge < -0.3 is 45.0 Å². The summed E-state index contributed by atoms with van der Waals surface area (Å²) in [4.78, 5) is 81.2. The number of thiazole rings is 1. The van der Waals surface area contributed by atoms with Gasteiger partial charge in [0.25, 0.3) is 0 Å². The van der Waals surface area contributed by atoms with E-state index in [4.69, 9.17) is 26.1 Å². The number of amides is 4. The van der Waals surface area contributed by atoms with Crippen molar-refractivity contribution in [2.75, 3.05) is 103 Å². The number of piperazine rings is 2. The number of aliphatic hydroxyl groups is 1. The van der Waals surface area contributed by atoms with E-state index in [1.165, 1.54) is 17.0 Å². The zero-order chi connectivity index (χ0) is 61.0. The Hall–Kier alpha value is -6.85. The normalized spacial score (nSPS) is 19.6. The average molecular weight is 1220 g/mol. The lowest BCUT2D eigenvalue weighted by molar-refractivity contribution is -0.144. The number of aromatic nitrogens is 3. The van der Waals surface area contributed by atoms with E-state index < -0.39 is 35.3 Å². The minimum atomic E-state index is -0.923. The SMILES string of the molecule is C=CC(=O)N1CCN(c2nc(O[C@H](C)CN3CCN(CCOC4CCN(CC(=O)N[C@H](C(=O)N5C[C@H](O)C[C@H]5C(=O)N[C@@H](C)c5ccc(-c6scnc6C)cc5)C(C)(C)C)CC4)CC3)nc3c(F)c(-c4cc(O)cc5ccccc45)c(Cl)cc23)CC1. The zero-order valence-electron chi connectivity index (χ0n) is 49.9. The molecule has 4 fully saturated rings. The number of halogens is 2. The Morgan fingerprint density at radius 2 is 1.60 bits per heavy atom. The van der Waals surface area contributed by atoms with Crippen molar-refractivity contribution in [1.82, 2.24) is 50.1 Å². The summed E-state index contributed by atoms with van der Waals surface area (Å²) in [6.45, 7) is 23.5. The fraction of sp³-hybridized carbons (Fsp3) is 0.484. The molecule has 19 nitrogen and oxygen atoms in total. The third-order valence-corrected chi connectivity index (χ3v) is 18.3. The molecule has 0 spiro atoms. The summed E-state index contributed by atoms with van der Waals surface area (Å²) >= 11 is 8.53. The molecule has 0 bridgehead atoms. The molecule has 0 saturated carbocycles. The van der Waals surface area contributed by atoms with Crippen molar-refractivity contribution >= 4 is 74.1 Å². The first-order valence-corrected chi connectivity index (χ1v) is 31.1. The number of β-amino-alcohol motifs (C(OH)–C–C–N with tert-alkyl or cyclic N) is 1. The van der Waals surface area contributed by atoms with Gasteiger partial charge in [0.05, 0.1) is 52.5 Å². The van der Waals surface area contributed by atoms with Crippen molar-refractivity contribution in [3.8, 4) is 33.3 Å². The number of hydrogen-bond donors (Lipinski definition) is 4. The van der Waals surface area contributed by atoms with Crippen LogP contribution in [-0.2, 0) is 23.9 Å². The van der Waals surface area contributed by atoms with Crippen molar-refractivity contribution in [2.24, 2.45) is 5.41 Å². The lowest BCUT2D eigenvalue weighted by Gasteiger charge is -2.37. The molecule has 2 aromatic heterocycles. The molecule has 0 aliphatic carbocycles. The number of hydrogen-bond acceptors (Lipinski definition) is 16. The lowest BCUT2D eigenvalue weighted by atomic mass is 9.85. The standard InChI is InChI=1S/C64H79ClFN11O8S/c1-8-54(81)75-25-27-76(28-26-75)60-50-34-51(65)55(49-32-45(78)31-44-11-9-10-12-48(44)49)56(66)57(50)70-63(71-60)85-39(2)35-74-23-21-72(22-24-74)29-30-84-47-17-19-73(20-18-47)37-53(80)69-59(64(5,6)7)62(83)77-36-46(79)33-52(77)61(82)68-40(3)42-13-15-43(16-14-42)58-41(4)67-38-86-58/h8-16,31-32,34,38-40,46-47,52,59,78-79H,1,17-30,33,35-37H2,2-7H3,(H,68,82)(H,69,80)/t39-,40+,46-,52+,59-/m1/s1. The largest absolute Gasteiger partial charge is 0.508 e. The Morgan fingerprint density at radius 1 is 0.895 bits per heavy atom. The third-order valence-electron chi connectivity index (χ3n) is 17.0. The molecule has 4 N–H and O–H groups in total. The van der Waals surface area contributed by atoms with E-state index in [-0.39, 0.29) is 83.3 Å². The predicted octanol–water partition coefficient (Wildman–Crippen LogP) is 7.45. The van der Waals surface area contributed by atoms with Gasteiger partial charge in [0, 0.05) is 102 Å². The van der Waals surface area contributed by atoms with E-state index in [2.05, 4.69) is 41.9 Å². The van der Waals surface area contributed by atoms with Gasteiger partial charge in [0.15, 0.2) is 5.82 Å². The van der Waals surface area contributed by atoms with Crippen LogP contribution in [0.5, 0.6) is 11.8 Å². The van der Waals surface area contributed by atoms with Crippen LogP contribution in [0.4, 0.5) is 10.2 Å². The molecule has 458 valence electrons. The van der Waals surface area contributed by atoms with Crippen LogP contribution < -0.4 is 20.3 Å². The van der Waals surface area contributed by atoms with Crippen LogP contribution in [0.1, 0.15) is 71.2 Å². The minimum Gasteiger partial charge on any atom is -0.508 e. The van der Waals surface area contributed by atoms with Crippen molar-refractivity contribution in [1.29, 1.82) is 0 Å². The number of piperidine rings is 1. The smallest absolute Gasteiger partial charge is 0.319 e. The number of nitrogens with zero attached hydrogens (tertiary/aromatic N) is 9. The Morgan fingerprint density at radius 3 is 2.29 bits per heavy atom. The highest BCUT2D eigenvalue weighted by Crippen LogP contribution is 2.43. The van der Waals surface area contributed by atoms with Crippen molar-refractivity contribution in [2.45, 2.75) is 97.2 Å². The number of rotatable bonds is 19. The van der Waals surface area contributed by atoms with Gasteiger partial charge in [-0.3, -0.25) is 33.9 Å². The summed E-state index contributed by atoms with van der Waals surface area (Å²) in [5, 5.41) is 29.5. The Labute approximate surface area is 511 Å². The third kappa shape index (κ3) is 14.4. The van der Waals surface area contributed by atoms with E-state index in [0.29, 0.717) is 69.2 Å². The number of carbonyl (C=O) groups excluding carboxylic acids is 4. The zero-order valence-corrected chi connectivity index (χ0v) is 51.5. The van der Waals surface area contributed by atoms with Gasteiger partial charge in [0.1, 0.15) is 35.3 Å².